The highest BCUT2D eigenvalue weighted by molar-refractivity contribution is 6.00. The molecule has 0 saturated heterocycles. The summed E-state index contributed by atoms with van der Waals surface area (Å²) in [6.45, 7) is 4.65. The molecule has 8 heteroatoms. The van der Waals surface area contributed by atoms with Gasteiger partial charge in [-0.05, 0) is 54.8 Å². The Bertz CT molecular complexity index is 1390. The molecule has 5 rings (SSSR count). The van der Waals surface area contributed by atoms with Crippen molar-refractivity contribution >= 4 is 11.8 Å². The van der Waals surface area contributed by atoms with Crippen molar-refractivity contribution in [2.24, 2.45) is 0 Å². The smallest absolute Gasteiger partial charge is 0.273 e. The highest BCUT2D eigenvalue weighted by Gasteiger charge is 2.48. The predicted molar refractivity (Wildman–Crippen MR) is 134 cm³/mol. The molecule has 0 aliphatic carbocycles. The number of furan rings is 1. The van der Waals surface area contributed by atoms with E-state index in [4.69, 9.17) is 9.15 Å². The quantitative estimate of drug-likeness (QED) is 0.425. The maximum Gasteiger partial charge on any atom is 0.273 e. The second-order valence-corrected chi connectivity index (χ2v) is 9.17. The van der Waals surface area contributed by atoms with E-state index in [1.165, 1.54) is 0 Å². The Balaban J connectivity index is 1.47. The summed E-state index contributed by atoms with van der Waals surface area (Å²) < 4.78 is 12.3. The van der Waals surface area contributed by atoms with Crippen molar-refractivity contribution in [3.05, 3.63) is 95.4 Å². The molecule has 3 heterocycles. The van der Waals surface area contributed by atoms with Gasteiger partial charge in [-0.15, -0.1) is 0 Å². The van der Waals surface area contributed by atoms with Gasteiger partial charge in [-0.25, -0.2) is 0 Å². The third-order valence-corrected chi connectivity index (χ3v) is 6.76. The average molecular weight is 485 g/mol. The minimum absolute atomic E-state index is 0.217. The number of nitrogens with one attached hydrogen (secondary N) is 1. The molecule has 4 aromatic rings. The predicted octanol–water partition coefficient (Wildman–Crippen LogP) is 4.19. The lowest BCUT2D eigenvalue weighted by Gasteiger charge is -2.43. The summed E-state index contributed by atoms with van der Waals surface area (Å²) >= 11 is 0. The van der Waals surface area contributed by atoms with Crippen LogP contribution in [0.25, 0.3) is 11.5 Å². The third-order valence-electron chi connectivity index (χ3n) is 6.76. The van der Waals surface area contributed by atoms with Gasteiger partial charge in [0.25, 0.3) is 5.91 Å². The van der Waals surface area contributed by atoms with Crippen LogP contribution in [0, 0.1) is 6.92 Å². The van der Waals surface area contributed by atoms with Gasteiger partial charge in [0, 0.05) is 19.2 Å². The Morgan fingerprint density at radius 1 is 1.14 bits per heavy atom. The van der Waals surface area contributed by atoms with Crippen LogP contribution in [0.5, 0.6) is 5.75 Å². The lowest BCUT2D eigenvalue weighted by molar-refractivity contribution is -0.133. The Labute approximate surface area is 209 Å². The number of methoxy groups -OCH3 is 1. The summed E-state index contributed by atoms with van der Waals surface area (Å²) in [6, 6.07) is 20.7. The van der Waals surface area contributed by atoms with Gasteiger partial charge in [-0.1, -0.05) is 36.4 Å². The van der Waals surface area contributed by atoms with Gasteiger partial charge in [0.2, 0.25) is 5.91 Å². The molecule has 0 unspecified atom stereocenters. The zero-order valence-corrected chi connectivity index (χ0v) is 20.5. The molecule has 1 atom stereocenters. The Kier molecular flexibility index (Phi) is 6.10. The molecule has 8 nitrogen and oxygen atoms in total. The number of nitrogens with zero attached hydrogens (tertiary/aromatic N) is 3. The zero-order valence-electron chi connectivity index (χ0n) is 20.5. The fourth-order valence-electron chi connectivity index (χ4n) is 4.51. The maximum atomic E-state index is 13.8. The summed E-state index contributed by atoms with van der Waals surface area (Å²) in [4.78, 5) is 29.2. The first-order valence-electron chi connectivity index (χ1n) is 11.8. The van der Waals surface area contributed by atoms with Crippen molar-refractivity contribution in [1.82, 2.24) is 20.0 Å². The summed E-state index contributed by atoms with van der Waals surface area (Å²) in [5, 5.41) is 7.63. The van der Waals surface area contributed by atoms with E-state index >= 15 is 0 Å². The van der Waals surface area contributed by atoms with Crippen molar-refractivity contribution in [1.29, 1.82) is 0 Å². The normalized spacial score (nSPS) is 17.1. The molecule has 0 spiro atoms. The summed E-state index contributed by atoms with van der Waals surface area (Å²) in [5.41, 5.74) is 2.80. The lowest BCUT2D eigenvalue weighted by atomic mass is 9.93. The SMILES string of the molecule is COc1ccc(CNC(=O)[C@@]2(C)Cn3nc(-c4ccco4)cc3C(=O)N2Cc2ccccc2C)cc1. The van der Waals surface area contributed by atoms with Crippen LogP contribution in [0.4, 0.5) is 0 Å². The van der Waals surface area contributed by atoms with E-state index in [2.05, 4.69) is 10.4 Å². The first-order chi connectivity index (χ1) is 17.4. The van der Waals surface area contributed by atoms with Crippen LogP contribution in [0.15, 0.2) is 77.4 Å². The molecule has 184 valence electrons. The van der Waals surface area contributed by atoms with Gasteiger partial charge < -0.3 is 19.4 Å². The Morgan fingerprint density at radius 2 is 1.92 bits per heavy atom. The van der Waals surface area contributed by atoms with E-state index in [-0.39, 0.29) is 18.4 Å². The molecule has 0 bridgehead atoms. The van der Waals surface area contributed by atoms with E-state index in [9.17, 15) is 9.59 Å². The topological polar surface area (TPSA) is 89.6 Å². The van der Waals surface area contributed by atoms with Crippen molar-refractivity contribution in [3.63, 3.8) is 0 Å². The zero-order chi connectivity index (χ0) is 25.3. The maximum absolute atomic E-state index is 13.8. The molecule has 2 aromatic heterocycles. The minimum atomic E-state index is -1.16. The molecule has 1 aliphatic heterocycles. The Morgan fingerprint density at radius 3 is 2.61 bits per heavy atom. The molecule has 0 fully saturated rings. The lowest BCUT2D eigenvalue weighted by Crippen LogP contribution is -2.63. The number of carbonyl (C=O) groups excluding carboxylic acids is 2. The van der Waals surface area contributed by atoms with Gasteiger partial charge in [-0.3, -0.25) is 14.3 Å². The van der Waals surface area contributed by atoms with Crippen LogP contribution in [0.2, 0.25) is 0 Å². The highest BCUT2D eigenvalue weighted by atomic mass is 16.5. The first-order valence-corrected chi connectivity index (χ1v) is 11.8. The molecule has 2 amide bonds. The second-order valence-electron chi connectivity index (χ2n) is 9.17. The van der Waals surface area contributed by atoms with Crippen LogP contribution in [-0.2, 0) is 24.4 Å². The summed E-state index contributed by atoms with van der Waals surface area (Å²) in [6.07, 6.45) is 1.57. The monoisotopic (exact) mass is 484 g/mol. The van der Waals surface area contributed by atoms with Gasteiger partial charge in [0.05, 0.1) is 19.9 Å². The molecule has 0 radical (unpaired) electrons. The van der Waals surface area contributed by atoms with Crippen molar-refractivity contribution in [2.75, 3.05) is 7.11 Å². The van der Waals surface area contributed by atoms with E-state index in [1.54, 1.807) is 48.1 Å². The van der Waals surface area contributed by atoms with Crippen molar-refractivity contribution in [2.45, 2.75) is 39.0 Å². The van der Waals surface area contributed by atoms with Gasteiger partial charge in [0.1, 0.15) is 22.7 Å². The highest BCUT2D eigenvalue weighted by Crippen LogP contribution is 2.32. The van der Waals surface area contributed by atoms with Crippen LogP contribution in [0.1, 0.15) is 34.1 Å². The number of amides is 2. The fraction of sp³-hybridized carbons (Fsp3) is 0.250. The number of aromatic nitrogens is 2. The second kappa shape index (κ2) is 9.37. The number of carbonyl (C=O) groups is 2. The van der Waals surface area contributed by atoms with Crippen molar-refractivity contribution in [3.8, 4) is 17.2 Å². The molecule has 1 aliphatic rings. The van der Waals surface area contributed by atoms with Crippen molar-refractivity contribution < 1.29 is 18.7 Å². The van der Waals surface area contributed by atoms with E-state index < -0.39 is 5.54 Å². The van der Waals surface area contributed by atoms with E-state index in [0.717, 1.165) is 22.4 Å². The van der Waals surface area contributed by atoms with Crippen LogP contribution in [-0.4, -0.2) is 39.1 Å². The van der Waals surface area contributed by atoms with Gasteiger partial charge in [0.15, 0.2) is 5.76 Å². The number of ether oxygens (including phenoxy) is 1. The number of rotatable bonds is 7. The summed E-state index contributed by atoms with van der Waals surface area (Å²) in [7, 11) is 1.61. The molecule has 2 aromatic carbocycles. The first kappa shape index (κ1) is 23.4. The number of aryl methyl sites for hydroxylation is 1. The van der Waals surface area contributed by atoms with E-state index in [0.29, 0.717) is 30.2 Å². The number of hydrogen-bond acceptors (Lipinski definition) is 5. The summed E-state index contributed by atoms with van der Waals surface area (Å²) in [5.74, 6) is 0.816. The minimum Gasteiger partial charge on any atom is -0.497 e. The van der Waals surface area contributed by atoms with Crippen LogP contribution >= 0.6 is 0 Å². The van der Waals surface area contributed by atoms with Gasteiger partial charge in [-0.2, -0.15) is 5.10 Å². The standard InChI is InChI=1S/C28H28N4O4/c1-19-7-4-5-8-21(19)17-31-26(33)24-15-23(25-9-6-14-36-25)30-32(24)18-28(31,2)27(34)29-16-20-10-12-22(35-3)13-11-20/h4-15H,16-18H2,1-3H3,(H,29,34)/t28-/m1/s1. The number of hydrogen-bond donors (Lipinski definition) is 1. The molecular weight excluding hydrogens is 456 g/mol. The third kappa shape index (κ3) is 4.26. The molecular formula is C28H28N4O4. The van der Waals surface area contributed by atoms with Gasteiger partial charge >= 0.3 is 0 Å². The molecule has 36 heavy (non-hydrogen) atoms. The fourth-order valence-corrected chi connectivity index (χ4v) is 4.51. The van der Waals surface area contributed by atoms with E-state index in [1.807, 2.05) is 55.5 Å². The number of fused-ring (bicyclic) bond motifs is 1. The number of benzene rings is 2. The van der Waals surface area contributed by atoms with Crippen LogP contribution in [0.3, 0.4) is 0 Å². The molecule has 0 saturated carbocycles. The van der Waals surface area contributed by atoms with Crippen LogP contribution < -0.4 is 10.1 Å². The average Bonchev–Trinajstić information content (AvgIpc) is 3.57. The largest absolute Gasteiger partial charge is 0.497 e. The Hall–Kier alpha value is -4.33. The molecule has 1 N–H and O–H groups in total.